The maximum absolute atomic E-state index is 13.8. The molecule has 174 valence electrons. The number of hydrogen-bond acceptors (Lipinski definition) is 3. The standard InChI is InChI=1S/C27H33N3O3/c1-17(2)16-21(27(26(28)33)14-8-9-15-27)24(31)29-23-20-12-5-4-10-18(20)19-11-6-7-13-22(19)30(3)25(23)32/h4-7,10-13,17,21,23H,8-9,14-16H2,1-3H3,(H2,28,33)(H,29,31)/t21-,23-/m0/s1. The molecule has 1 heterocycles. The third-order valence-corrected chi connectivity index (χ3v) is 7.37. The van der Waals surface area contributed by atoms with Crippen LogP contribution in [0.25, 0.3) is 11.1 Å². The van der Waals surface area contributed by atoms with Gasteiger partial charge in [0.2, 0.25) is 11.8 Å². The van der Waals surface area contributed by atoms with Crippen molar-refractivity contribution >= 4 is 23.4 Å². The van der Waals surface area contributed by atoms with E-state index in [9.17, 15) is 14.4 Å². The maximum Gasteiger partial charge on any atom is 0.253 e. The Labute approximate surface area is 195 Å². The van der Waals surface area contributed by atoms with Gasteiger partial charge in [0, 0.05) is 12.6 Å². The predicted octanol–water partition coefficient (Wildman–Crippen LogP) is 4.20. The molecule has 2 aromatic carbocycles. The fraction of sp³-hybridized carbons (Fsp3) is 0.444. The molecule has 3 N–H and O–H groups in total. The van der Waals surface area contributed by atoms with E-state index in [4.69, 9.17) is 5.73 Å². The van der Waals surface area contributed by atoms with E-state index in [1.54, 1.807) is 11.9 Å². The lowest BCUT2D eigenvalue weighted by atomic mass is 9.69. The summed E-state index contributed by atoms with van der Waals surface area (Å²) in [4.78, 5) is 41.6. The van der Waals surface area contributed by atoms with Crippen LogP contribution in [0.4, 0.5) is 5.69 Å². The molecule has 6 heteroatoms. The first-order valence-corrected chi connectivity index (χ1v) is 11.8. The number of hydrogen-bond donors (Lipinski definition) is 2. The van der Waals surface area contributed by atoms with Gasteiger partial charge in [-0.15, -0.1) is 0 Å². The molecule has 0 bridgehead atoms. The van der Waals surface area contributed by atoms with Gasteiger partial charge in [-0.2, -0.15) is 0 Å². The molecule has 6 nitrogen and oxygen atoms in total. The summed E-state index contributed by atoms with van der Waals surface area (Å²) in [7, 11) is 1.74. The van der Waals surface area contributed by atoms with Crippen LogP contribution in [0, 0.1) is 17.3 Å². The molecule has 1 saturated carbocycles. The van der Waals surface area contributed by atoms with Crippen molar-refractivity contribution in [2.24, 2.45) is 23.0 Å². The Kier molecular flexibility index (Phi) is 6.28. The highest BCUT2D eigenvalue weighted by Gasteiger charge is 2.50. The molecule has 1 aliphatic heterocycles. The van der Waals surface area contributed by atoms with E-state index < -0.39 is 23.3 Å². The van der Waals surface area contributed by atoms with Crippen LogP contribution in [0.15, 0.2) is 48.5 Å². The summed E-state index contributed by atoms with van der Waals surface area (Å²) in [6, 6.07) is 14.6. The van der Waals surface area contributed by atoms with Crippen LogP contribution in [0.1, 0.15) is 57.6 Å². The number of nitrogens with two attached hydrogens (primary N) is 1. The van der Waals surface area contributed by atoms with Gasteiger partial charge >= 0.3 is 0 Å². The Morgan fingerprint density at radius 1 is 1.06 bits per heavy atom. The second kappa shape index (κ2) is 9.00. The summed E-state index contributed by atoms with van der Waals surface area (Å²) < 4.78 is 0. The van der Waals surface area contributed by atoms with Crippen LogP contribution < -0.4 is 16.0 Å². The number of primary amides is 1. The van der Waals surface area contributed by atoms with Gasteiger partial charge in [0.25, 0.3) is 5.91 Å². The second-order valence-corrected chi connectivity index (χ2v) is 9.85. The Morgan fingerprint density at radius 2 is 1.67 bits per heavy atom. The fourth-order valence-corrected chi connectivity index (χ4v) is 5.64. The van der Waals surface area contributed by atoms with Gasteiger partial charge in [0.05, 0.1) is 17.0 Å². The monoisotopic (exact) mass is 447 g/mol. The number of nitrogens with one attached hydrogen (secondary N) is 1. The lowest BCUT2D eigenvalue weighted by Crippen LogP contribution is -2.51. The molecule has 0 unspecified atom stereocenters. The third-order valence-electron chi connectivity index (χ3n) is 7.37. The number of rotatable bonds is 6. The van der Waals surface area contributed by atoms with Crippen molar-refractivity contribution in [1.82, 2.24) is 5.32 Å². The zero-order chi connectivity index (χ0) is 23.8. The Hall–Kier alpha value is -3.15. The SMILES string of the molecule is CC(C)C[C@@H](C(=O)N[C@@H]1C(=O)N(C)c2ccccc2-c2ccccc21)C1(C(N)=O)CCCC1. The topological polar surface area (TPSA) is 92.5 Å². The molecule has 3 amide bonds. The number of amides is 3. The quantitative estimate of drug-likeness (QED) is 0.695. The molecular formula is C27H33N3O3. The van der Waals surface area contributed by atoms with Crippen LogP contribution >= 0.6 is 0 Å². The summed E-state index contributed by atoms with van der Waals surface area (Å²) in [5.74, 6) is -1.23. The van der Waals surface area contributed by atoms with Crippen molar-refractivity contribution in [2.75, 3.05) is 11.9 Å². The highest BCUT2D eigenvalue weighted by Crippen LogP contribution is 2.47. The van der Waals surface area contributed by atoms with Crippen LogP contribution in [0.3, 0.4) is 0 Å². The van der Waals surface area contributed by atoms with E-state index in [0.29, 0.717) is 19.3 Å². The normalized spacial score (nSPS) is 20.1. The Bertz CT molecular complexity index is 1070. The largest absolute Gasteiger partial charge is 0.369 e. The van der Waals surface area contributed by atoms with Crippen LogP contribution in [0.2, 0.25) is 0 Å². The molecule has 0 saturated heterocycles. The first-order chi connectivity index (χ1) is 15.8. The lowest BCUT2D eigenvalue weighted by molar-refractivity contribution is -0.142. The van der Waals surface area contributed by atoms with Crippen molar-refractivity contribution < 1.29 is 14.4 Å². The number of benzene rings is 2. The molecular weight excluding hydrogens is 414 g/mol. The van der Waals surface area contributed by atoms with E-state index in [1.165, 1.54) is 0 Å². The molecule has 2 aromatic rings. The van der Waals surface area contributed by atoms with Crippen molar-refractivity contribution in [3.63, 3.8) is 0 Å². The Morgan fingerprint density at radius 3 is 2.30 bits per heavy atom. The second-order valence-electron chi connectivity index (χ2n) is 9.85. The van der Waals surface area contributed by atoms with Crippen molar-refractivity contribution in [2.45, 2.75) is 52.0 Å². The molecule has 0 aromatic heterocycles. The minimum absolute atomic E-state index is 0.205. The molecule has 1 aliphatic carbocycles. The molecule has 0 radical (unpaired) electrons. The summed E-state index contributed by atoms with van der Waals surface area (Å²) in [5.41, 5.74) is 8.47. The maximum atomic E-state index is 13.8. The lowest BCUT2D eigenvalue weighted by Gasteiger charge is -2.36. The van der Waals surface area contributed by atoms with Gasteiger partial charge in [-0.25, -0.2) is 0 Å². The van der Waals surface area contributed by atoms with Gasteiger partial charge in [0.1, 0.15) is 6.04 Å². The summed E-state index contributed by atoms with van der Waals surface area (Å²) in [5, 5.41) is 3.05. The van der Waals surface area contributed by atoms with Crippen LogP contribution in [-0.4, -0.2) is 24.8 Å². The van der Waals surface area contributed by atoms with Crippen molar-refractivity contribution in [1.29, 1.82) is 0 Å². The third kappa shape index (κ3) is 4.03. The van der Waals surface area contributed by atoms with Gasteiger partial charge in [-0.3, -0.25) is 14.4 Å². The number of nitrogens with zero attached hydrogens (tertiary/aromatic N) is 1. The van der Waals surface area contributed by atoms with E-state index >= 15 is 0 Å². The average molecular weight is 448 g/mol. The highest BCUT2D eigenvalue weighted by molar-refractivity contribution is 6.06. The zero-order valence-corrected chi connectivity index (χ0v) is 19.6. The minimum Gasteiger partial charge on any atom is -0.369 e. The van der Waals surface area contributed by atoms with Crippen LogP contribution in [-0.2, 0) is 14.4 Å². The first-order valence-electron chi connectivity index (χ1n) is 11.8. The molecule has 0 spiro atoms. The number of carbonyl (C=O) groups is 3. The molecule has 4 rings (SSSR count). The predicted molar refractivity (Wildman–Crippen MR) is 129 cm³/mol. The van der Waals surface area contributed by atoms with Gasteiger partial charge in [-0.05, 0) is 42.4 Å². The smallest absolute Gasteiger partial charge is 0.253 e. The number of fused-ring (bicyclic) bond motifs is 3. The van der Waals surface area contributed by atoms with Gasteiger partial charge in [-0.1, -0.05) is 69.2 Å². The number of carbonyl (C=O) groups excluding carboxylic acids is 3. The number of likely N-dealkylation sites (N-methyl/N-ethyl adjacent to an activating group) is 1. The summed E-state index contributed by atoms with van der Waals surface area (Å²) >= 11 is 0. The molecule has 2 aliphatic rings. The molecule has 33 heavy (non-hydrogen) atoms. The summed E-state index contributed by atoms with van der Waals surface area (Å²) in [6.45, 7) is 4.08. The first kappa shape index (κ1) is 23.0. The molecule has 2 atom stereocenters. The number of para-hydroxylation sites is 1. The van der Waals surface area contributed by atoms with E-state index in [-0.39, 0.29) is 17.7 Å². The zero-order valence-electron chi connectivity index (χ0n) is 19.6. The van der Waals surface area contributed by atoms with E-state index in [1.807, 2.05) is 62.4 Å². The minimum atomic E-state index is -0.851. The van der Waals surface area contributed by atoms with Gasteiger partial charge in [0.15, 0.2) is 0 Å². The fourth-order valence-electron chi connectivity index (χ4n) is 5.64. The highest BCUT2D eigenvalue weighted by atomic mass is 16.2. The van der Waals surface area contributed by atoms with E-state index in [2.05, 4.69) is 5.32 Å². The van der Waals surface area contributed by atoms with Crippen molar-refractivity contribution in [3.8, 4) is 11.1 Å². The van der Waals surface area contributed by atoms with Crippen LogP contribution in [0.5, 0.6) is 0 Å². The average Bonchev–Trinajstić information content (AvgIpc) is 3.28. The number of anilines is 1. The molecule has 1 fully saturated rings. The van der Waals surface area contributed by atoms with Gasteiger partial charge < -0.3 is 16.0 Å². The van der Waals surface area contributed by atoms with Crippen molar-refractivity contribution in [3.05, 3.63) is 54.1 Å². The van der Waals surface area contributed by atoms with E-state index in [0.717, 1.165) is 35.2 Å². The Balaban J connectivity index is 1.75. The summed E-state index contributed by atoms with van der Waals surface area (Å²) in [6.07, 6.45) is 3.55.